The van der Waals surface area contributed by atoms with Gasteiger partial charge >= 0.3 is 0 Å². The first kappa shape index (κ1) is 14.8. The van der Waals surface area contributed by atoms with Gasteiger partial charge in [0.2, 0.25) is 0 Å². The molecular weight excluding hydrogens is 318 g/mol. The Morgan fingerprint density at radius 1 is 0.917 bits per heavy atom. The SMILES string of the molecule is C[C@@H](Sc1ncnc2c1nnn2-c1ccccc1)c1ccccc1. The van der Waals surface area contributed by atoms with Gasteiger partial charge in [-0.3, -0.25) is 0 Å². The molecular formula is C18H15N5S. The van der Waals surface area contributed by atoms with Gasteiger partial charge < -0.3 is 0 Å². The maximum atomic E-state index is 4.42. The lowest BCUT2D eigenvalue weighted by Gasteiger charge is -2.10. The zero-order chi connectivity index (χ0) is 16.4. The number of para-hydroxylation sites is 1. The van der Waals surface area contributed by atoms with Crippen LogP contribution < -0.4 is 0 Å². The molecule has 0 bridgehead atoms. The van der Waals surface area contributed by atoms with E-state index in [4.69, 9.17) is 0 Å². The molecule has 0 amide bonds. The molecule has 2 aromatic carbocycles. The van der Waals surface area contributed by atoms with Crippen molar-refractivity contribution < 1.29 is 0 Å². The first-order valence-corrected chi connectivity index (χ1v) is 8.54. The van der Waals surface area contributed by atoms with Crippen LogP contribution in [0.15, 0.2) is 72.0 Å². The van der Waals surface area contributed by atoms with Gasteiger partial charge in [0.05, 0.1) is 5.69 Å². The number of nitrogens with zero attached hydrogens (tertiary/aromatic N) is 5. The van der Waals surface area contributed by atoms with Gasteiger partial charge in [-0.1, -0.05) is 65.5 Å². The number of rotatable bonds is 4. The first-order chi connectivity index (χ1) is 11.8. The lowest BCUT2D eigenvalue weighted by atomic mass is 10.2. The van der Waals surface area contributed by atoms with Gasteiger partial charge in [0.25, 0.3) is 0 Å². The molecule has 6 heteroatoms. The number of aromatic nitrogens is 5. The Morgan fingerprint density at radius 2 is 1.62 bits per heavy atom. The van der Waals surface area contributed by atoms with Crippen molar-refractivity contribution in [3.05, 3.63) is 72.6 Å². The van der Waals surface area contributed by atoms with Gasteiger partial charge in [0.15, 0.2) is 11.2 Å². The van der Waals surface area contributed by atoms with Gasteiger partial charge in [-0.2, -0.15) is 4.68 Å². The smallest absolute Gasteiger partial charge is 0.187 e. The van der Waals surface area contributed by atoms with Crippen molar-refractivity contribution in [1.82, 2.24) is 25.0 Å². The van der Waals surface area contributed by atoms with Crippen LogP contribution in [0.4, 0.5) is 0 Å². The van der Waals surface area contributed by atoms with E-state index in [-0.39, 0.29) is 5.25 Å². The fraction of sp³-hybridized carbons (Fsp3) is 0.111. The van der Waals surface area contributed by atoms with E-state index in [9.17, 15) is 0 Å². The van der Waals surface area contributed by atoms with E-state index in [1.165, 1.54) is 5.56 Å². The number of thioether (sulfide) groups is 1. The highest BCUT2D eigenvalue weighted by molar-refractivity contribution is 7.99. The van der Waals surface area contributed by atoms with Crippen LogP contribution in [0.2, 0.25) is 0 Å². The highest BCUT2D eigenvalue weighted by Gasteiger charge is 2.16. The molecule has 0 radical (unpaired) electrons. The molecule has 118 valence electrons. The fourth-order valence-electron chi connectivity index (χ4n) is 2.52. The zero-order valence-electron chi connectivity index (χ0n) is 13.1. The van der Waals surface area contributed by atoms with Gasteiger partial charge in [0, 0.05) is 5.25 Å². The molecule has 4 rings (SSSR count). The Labute approximate surface area is 143 Å². The minimum atomic E-state index is 0.270. The Morgan fingerprint density at radius 3 is 2.38 bits per heavy atom. The van der Waals surface area contributed by atoms with Crippen LogP contribution >= 0.6 is 11.8 Å². The number of benzene rings is 2. The zero-order valence-corrected chi connectivity index (χ0v) is 13.9. The van der Waals surface area contributed by atoms with E-state index >= 15 is 0 Å². The van der Waals surface area contributed by atoms with Crippen LogP contribution in [0.5, 0.6) is 0 Å². The minimum absolute atomic E-state index is 0.270. The Bertz CT molecular complexity index is 953. The Hall–Kier alpha value is -2.73. The molecule has 24 heavy (non-hydrogen) atoms. The van der Waals surface area contributed by atoms with Crippen molar-refractivity contribution in [2.24, 2.45) is 0 Å². The van der Waals surface area contributed by atoms with E-state index in [0.29, 0.717) is 0 Å². The van der Waals surface area contributed by atoms with Crippen LogP contribution in [-0.4, -0.2) is 25.0 Å². The largest absolute Gasteiger partial charge is 0.227 e. The molecule has 5 nitrogen and oxygen atoms in total. The quantitative estimate of drug-likeness (QED) is 0.416. The van der Waals surface area contributed by atoms with Crippen molar-refractivity contribution in [2.75, 3.05) is 0 Å². The standard InChI is InChI=1S/C18H15N5S/c1-13(14-8-4-2-5-9-14)24-18-16-17(19-12-20-18)23(22-21-16)15-10-6-3-7-11-15/h2-13H,1H3/t13-/m1/s1. The van der Waals surface area contributed by atoms with E-state index in [1.54, 1.807) is 22.8 Å². The molecule has 0 fully saturated rings. The Kier molecular flexibility index (Phi) is 3.96. The summed E-state index contributed by atoms with van der Waals surface area (Å²) in [4.78, 5) is 8.79. The van der Waals surface area contributed by atoms with Crippen LogP contribution in [0, 0.1) is 0 Å². The molecule has 4 aromatic rings. The molecule has 0 saturated carbocycles. The van der Waals surface area contributed by atoms with Crippen molar-refractivity contribution in [2.45, 2.75) is 17.2 Å². The monoisotopic (exact) mass is 333 g/mol. The van der Waals surface area contributed by atoms with Crippen LogP contribution in [0.1, 0.15) is 17.7 Å². The fourth-order valence-corrected chi connectivity index (χ4v) is 3.50. The lowest BCUT2D eigenvalue weighted by molar-refractivity contribution is 0.817. The normalized spacial score (nSPS) is 12.4. The van der Waals surface area contributed by atoms with Crippen molar-refractivity contribution in [3.63, 3.8) is 0 Å². The second-order valence-electron chi connectivity index (χ2n) is 5.36. The Balaban J connectivity index is 1.71. The van der Waals surface area contributed by atoms with Crippen LogP contribution in [-0.2, 0) is 0 Å². The number of hydrogen-bond donors (Lipinski definition) is 0. The van der Waals surface area contributed by atoms with Gasteiger partial charge in [0.1, 0.15) is 11.4 Å². The molecule has 2 heterocycles. The van der Waals surface area contributed by atoms with Crippen molar-refractivity contribution in [3.8, 4) is 5.69 Å². The van der Waals surface area contributed by atoms with Crippen LogP contribution in [0.25, 0.3) is 16.9 Å². The summed E-state index contributed by atoms with van der Waals surface area (Å²) in [6, 6.07) is 20.2. The molecule has 0 N–H and O–H groups in total. The lowest BCUT2D eigenvalue weighted by Crippen LogP contribution is -1.98. The topological polar surface area (TPSA) is 56.5 Å². The molecule has 0 spiro atoms. The van der Waals surface area contributed by atoms with Gasteiger partial charge in [-0.15, -0.1) is 5.10 Å². The molecule has 0 saturated heterocycles. The summed E-state index contributed by atoms with van der Waals surface area (Å²) in [6.07, 6.45) is 1.57. The third kappa shape index (κ3) is 2.76. The predicted octanol–water partition coefficient (Wildman–Crippen LogP) is 4.06. The van der Waals surface area contributed by atoms with Crippen molar-refractivity contribution >= 4 is 22.9 Å². The average molecular weight is 333 g/mol. The molecule has 0 unspecified atom stereocenters. The van der Waals surface area contributed by atoms with E-state index in [1.807, 2.05) is 48.5 Å². The third-order valence-electron chi connectivity index (χ3n) is 3.76. The molecule has 1 atom stereocenters. The maximum Gasteiger partial charge on any atom is 0.187 e. The van der Waals surface area contributed by atoms with Gasteiger partial charge in [-0.25, -0.2) is 9.97 Å². The summed E-state index contributed by atoms with van der Waals surface area (Å²) < 4.78 is 1.74. The summed E-state index contributed by atoms with van der Waals surface area (Å²) in [5.41, 5.74) is 3.64. The summed E-state index contributed by atoms with van der Waals surface area (Å²) in [7, 11) is 0. The second kappa shape index (κ2) is 6.41. The first-order valence-electron chi connectivity index (χ1n) is 7.66. The van der Waals surface area contributed by atoms with Crippen molar-refractivity contribution in [1.29, 1.82) is 0 Å². The minimum Gasteiger partial charge on any atom is -0.227 e. The summed E-state index contributed by atoms with van der Waals surface area (Å²) in [5, 5.41) is 9.68. The highest BCUT2D eigenvalue weighted by Crippen LogP contribution is 2.36. The average Bonchev–Trinajstić information content (AvgIpc) is 3.08. The van der Waals surface area contributed by atoms with E-state index < -0.39 is 0 Å². The number of fused-ring (bicyclic) bond motifs is 1. The molecule has 0 aliphatic heterocycles. The third-order valence-corrected chi connectivity index (χ3v) is 4.91. The predicted molar refractivity (Wildman–Crippen MR) is 95.2 cm³/mol. The number of hydrogen-bond acceptors (Lipinski definition) is 5. The molecule has 2 aromatic heterocycles. The van der Waals surface area contributed by atoms with E-state index in [2.05, 4.69) is 39.3 Å². The molecule has 0 aliphatic rings. The summed E-state index contributed by atoms with van der Waals surface area (Å²) >= 11 is 1.67. The second-order valence-corrected chi connectivity index (χ2v) is 6.69. The van der Waals surface area contributed by atoms with Crippen LogP contribution in [0.3, 0.4) is 0 Å². The van der Waals surface area contributed by atoms with E-state index in [0.717, 1.165) is 21.9 Å². The maximum absolute atomic E-state index is 4.42. The van der Waals surface area contributed by atoms with Gasteiger partial charge in [-0.05, 0) is 24.6 Å². The highest BCUT2D eigenvalue weighted by atomic mass is 32.2. The summed E-state index contributed by atoms with van der Waals surface area (Å²) in [6.45, 7) is 2.16. The molecule has 0 aliphatic carbocycles. The summed E-state index contributed by atoms with van der Waals surface area (Å²) in [5.74, 6) is 0.